The summed E-state index contributed by atoms with van der Waals surface area (Å²) in [5, 5.41) is 0. The Morgan fingerprint density at radius 1 is 1.27 bits per heavy atom. The van der Waals surface area contributed by atoms with E-state index in [-0.39, 0.29) is 5.41 Å². The second kappa shape index (κ2) is 6.99. The summed E-state index contributed by atoms with van der Waals surface area (Å²) in [5.41, 5.74) is 6.61. The number of allylic oxidation sites excluding steroid dienone is 5. The summed E-state index contributed by atoms with van der Waals surface area (Å²) in [4.78, 5) is 8.52. The largest absolute Gasteiger partial charge is 0.493 e. The normalized spacial score (nSPS) is 14.6. The fourth-order valence-electron chi connectivity index (χ4n) is 3.00. The van der Waals surface area contributed by atoms with Crippen molar-refractivity contribution >= 4 is 5.57 Å². The van der Waals surface area contributed by atoms with Crippen molar-refractivity contribution < 1.29 is 4.74 Å². The van der Waals surface area contributed by atoms with Gasteiger partial charge in [0.15, 0.2) is 0 Å². The lowest BCUT2D eigenvalue weighted by Crippen LogP contribution is -2.13. The Balaban J connectivity index is 2.08. The highest BCUT2D eigenvalue weighted by atomic mass is 16.5. The molecule has 0 fully saturated rings. The Labute approximate surface area is 156 Å². The van der Waals surface area contributed by atoms with E-state index in [4.69, 9.17) is 9.72 Å². The summed E-state index contributed by atoms with van der Waals surface area (Å²) in [5.74, 6) is 1.99. The first kappa shape index (κ1) is 18.2. The van der Waals surface area contributed by atoms with E-state index in [1.54, 1.807) is 0 Å². The highest BCUT2D eigenvalue weighted by molar-refractivity contribution is 5.78. The average Bonchev–Trinajstić information content (AvgIpc) is 3.20. The SMILES string of the molecule is C=C(C)/C=C\C=C(/C)c1[nH]c(C(C)(C)C)nc1-c1ccc2c(c1)CCO2. The number of imidazole rings is 1. The molecule has 1 aliphatic heterocycles. The fraction of sp³-hybridized carbons (Fsp3) is 0.348. The number of hydrogen-bond donors (Lipinski definition) is 1. The van der Waals surface area contributed by atoms with Crippen molar-refractivity contribution in [2.24, 2.45) is 0 Å². The maximum Gasteiger partial charge on any atom is 0.122 e. The summed E-state index contributed by atoms with van der Waals surface area (Å²) in [6, 6.07) is 6.38. The minimum absolute atomic E-state index is 0.0410. The molecule has 0 aliphatic carbocycles. The van der Waals surface area contributed by atoms with E-state index in [1.807, 2.05) is 19.1 Å². The van der Waals surface area contributed by atoms with Crippen molar-refractivity contribution in [2.75, 3.05) is 6.61 Å². The first-order chi connectivity index (χ1) is 12.3. The van der Waals surface area contributed by atoms with Gasteiger partial charge >= 0.3 is 0 Å². The summed E-state index contributed by atoms with van der Waals surface area (Å²) < 4.78 is 5.64. The third-order valence-electron chi connectivity index (χ3n) is 4.50. The van der Waals surface area contributed by atoms with Gasteiger partial charge in [0.1, 0.15) is 11.6 Å². The van der Waals surface area contributed by atoms with Gasteiger partial charge in [0, 0.05) is 17.4 Å². The van der Waals surface area contributed by atoms with E-state index in [0.717, 1.165) is 52.7 Å². The number of aromatic amines is 1. The van der Waals surface area contributed by atoms with Crippen LogP contribution >= 0.6 is 0 Å². The standard InChI is InChI=1S/C23H28N2O/c1-15(2)8-7-9-16(3)20-21(25-22(24-20)23(4,5)6)18-10-11-19-17(14-18)12-13-26-19/h7-11,14H,1,12-13H2,2-6H3,(H,24,25)/b8-7-,16-9+. The zero-order chi connectivity index (χ0) is 18.9. The first-order valence-corrected chi connectivity index (χ1v) is 9.13. The van der Waals surface area contributed by atoms with Crippen LogP contribution in [0, 0.1) is 0 Å². The van der Waals surface area contributed by atoms with Gasteiger partial charge in [0.25, 0.3) is 0 Å². The predicted molar refractivity (Wildman–Crippen MR) is 110 cm³/mol. The van der Waals surface area contributed by atoms with Gasteiger partial charge in [-0.05, 0) is 43.2 Å². The zero-order valence-electron chi connectivity index (χ0n) is 16.4. The van der Waals surface area contributed by atoms with Gasteiger partial charge in [-0.25, -0.2) is 4.98 Å². The summed E-state index contributed by atoms with van der Waals surface area (Å²) >= 11 is 0. The Hall–Kier alpha value is -2.55. The van der Waals surface area contributed by atoms with E-state index in [9.17, 15) is 0 Å². The number of benzene rings is 1. The Morgan fingerprint density at radius 3 is 2.73 bits per heavy atom. The highest BCUT2D eigenvalue weighted by Crippen LogP contribution is 2.34. The van der Waals surface area contributed by atoms with E-state index < -0.39 is 0 Å². The maximum absolute atomic E-state index is 5.64. The molecule has 3 heteroatoms. The van der Waals surface area contributed by atoms with Gasteiger partial charge < -0.3 is 9.72 Å². The van der Waals surface area contributed by atoms with Crippen LogP contribution < -0.4 is 4.74 Å². The number of H-pyrrole nitrogens is 1. The molecule has 0 saturated carbocycles. The molecule has 0 radical (unpaired) electrons. The molecule has 2 aromatic rings. The molecule has 2 heterocycles. The molecule has 0 unspecified atom stereocenters. The lowest BCUT2D eigenvalue weighted by Gasteiger charge is -2.14. The predicted octanol–water partition coefficient (Wildman–Crippen LogP) is 5.84. The highest BCUT2D eigenvalue weighted by Gasteiger charge is 2.23. The van der Waals surface area contributed by atoms with E-state index >= 15 is 0 Å². The molecule has 1 aliphatic rings. The third kappa shape index (κ3) is 3.82. The van der Waals surface area contributed by atoms with Crippen molar-refractivity contribution in [3.63, 3.8) is 0 Å². The van der Waals surface area contributed by atoms with Crippen LogP contribution in [0.4, 0.5) is 0 Å². The molecular formula is C23H28N2O. The second-order valence-electron chi connectivity index (χ2n) is 8.04. The van der Waals surface area contributed by atoms with Crippen molar-refractivity contribution in [1.82, 2.24) is 9.97 Å². The van der Waals surface area contributed by atoms with Crippen molar-refractivity contribution in [3.05, 3.63) is 65.7 Å². The van der Waals surface area contributed by atoms with E-state index in [1.165, 1.54) is 5.56 Å². The lowest BCUT2D eigenvalue weighted by atomic mass is 9.96. The Kier molecular flexibility index (Phi) is 4.90. The second-order valence-corrected chi connectivity index (χ2v) is 8.04. The topological polar surface area (TPSA) is 37.9 Å². The first-order valence-electron chi connectivity index (χ1n) is 9.13. The van der Waals surface area contributed by atoms with Crippen molar-refractivity contribution in [2.45, 2.75) is 46.5 Å². The number of nitrogens with zero attached hydrogens (tertiary/aromatic N) is 1. The van der Waals surface area contributed by atoms with Crippen LogP contribution in [0.2, 0.25) is 0 Å². The van der Waals surface area contributed by atoms with Crippen LogP contribution in [0.15, 0.2) is 48.6 Å². The van der Waals surface area contributed by atoms with Gasteiger partial charge in [-0.3, -0.25) is 0 Å². The number of aromatic nitrogens is 2. The average molecular weight is 348 g/mol. The van der Waals surface area contributed by atoms with Crippen LogP contribution in [0.25, 0.3) is 16.8 Å². The van der Waals surface area contributed by atoms with Gasteiger partial charge in [-0.2, -0.15) is 0 Å². The van der Waals surface area contributed by atoms with Crippen molar-refractivity contribution in [1.29, 1.82) is 0 Å². The van der Waals surface area contributed by atoms with Gasteiger partial charge in [-0.15, -0.1) is 0 Å². The van der Waals surface area contributed by atoms with E-state index in [2.05, 4.69) is 63.5 Å². The number of nitrogens with one attached hydrogen (secondary N) is 1. The number of ether oxygens (including phenoxy) is 1. The van der Waals surface area contributed by atoms with Crippen LogP contribution in [-0.2, 0) is 11.8 Å². The molecule has 1 aromatic heterocycles. The molecule has 0 saturated heterocycles. The molecule has 3 nitrogen and oxygen atoms in total. The molecule has 0 amide bonds. The van der Waals surface area contributed by atoms with Crippen LogP contribution in [0.3, 0.4) is 0 Å². The molecule has 1 aromatic carbocycles. The molecule has 136 valence electrons. The van der Waals surface area contributed by atoms with Crippen LogP contribution in [0.5, 0.6) is 5.75 Å². The van der Waals surface area contributed by atoms with Crippen molar-refractivity contribution in [3.8, 4) is 17.0 Å². The number of hydrogen-bond acceptors (Lipinski definition) is 2. The molecule has 0 atom stereocenters. The van der Waals surface area contributed by atoms with Gasteiger partial charge in [-0.1, -0.05) is 51.2 Å². The Bertz CT molecular complexity index is 891. The maximum atomic E-state index is 5.64. The molecule has 3 rings (SSSR count). The monoisotopic (exact) mass is 348 g/mol. The molecule has 1 N–H and O–H groups in total. The zero-order valence-corrected chi connectivity index (χ0v) is 16.4. The van der Waals surface area contributed by atoms with E-state index in [0.29, 0.717) is 0 Å². The van der Waals surface area contributed by atoms with Gasteiger partial charge in [0.2, 0.25) is 0 Å². The van der Waals surface area contributed by atoms with Gasteiger partial charge in [0.05, 0.1) is 18.0 Å². The number of rotatable bonds is 4. The molecule has 26 heavy (non-hydrogen) atoms. The summed E-state index contributed by atoms with van der Waals surface area (Å²) in [6.07, 6.45) is 7.12. The van der Waals surface area contributed by atoms with Crippen LogP contribution in [0.1, 0.15) is 51.7 Å². The smallest absolute Gasteiger partial charge is 0.122 e. The quantitative estimate of drug-likeness (QED) is 0.704. The van der Waals surface area contributed by atoms with Crippen LogP contribution in [-0.4, -0.2) is 16.6 Å². The molecule has 0 spiro atoms. The molecular weight excluding hydrogens is 320 g/mol. The number of fused-ring (bicyclic) bond motifs is 1. The minimum atomic E-state index is -0.0410. The lowest BCUT2D eigenvalue weighted by molar-refractivity contribution is 0.357. The Morgan fingerprint density at radius 2 is 2.04 bits per heavy atom. The summed E-state index contributed by atoms with van der Waals surface area (Å²) in [6.45, 7) is 15.3. The molecule has 0 bridgehead atoms. The fourth-order valence-corrected chi connectivity index (χ4v) is 3.00. The minimum Gasteiger partial charge on any atom is -0.493 e. The third-order valence-corrected chi connectivity index (χ3v) is 4.50. The summed E-state index contributed by atoms with van der Waals surface area (Å²) in [7, 11) is 0.